The average Bonchev–Trinajstić information content (AvgIpc) is 3.97. The van der Waals surface area contributed by atoms with Crippen LogP contribution in [0.1, 0.15) is 22.3 Å². The van der Waals surface area contributed by atoms with Crippen molar-refractivity contribution in [3.8, 4) is 44.5 Å². The topological polar surface area (TPSA) is 16.4 Å². The van der Waals surface area contributed by atoms with Gasteiger partial charge in [0, 0.05) is 27.7 Å². The molecule has 0 saturated heterocycles. The zero-order chi connectivity index (χ0) is 40.1. The first-order valence-electron chi connectivity index (χ1n) is 21.1. The van der Waals surface area contributed by atoms with E-state index in [2.05, 4.69) is 223 Å². The molecule has 2 heteroatoms. The van der Waals surface area contributed by atoms with Crippen molar-refractivity contribution < 1.29 is 4.42 Å². The first kappa shape index (κ1) is 34.0. The van der Waals surface area contributed by atoms with Crippen molar-refractivity contribution in [3.05, 3.63) is 247 Å². The van der Waals surface area contributed by atoms with Crippen molar-refractivity contribution >= 4 is 49.8 Å². The molecule has 0 aliphatic heterocycles. The first-order chi connectivity index (χ1) is 30.3. The molecule has 0 atom stereocenters. The zero-order valence-corrected chi connectivity index (χ0v) is 33.2. The molecule has 0 unspecified atom stereocenters. The van der Waals surface area contributed by atoms with Crippen LogP contribution in [0.15, 0.2) is 229 Å². The maximum Gasteiger partial charge on any atom is 0.136 e. The molecule has 284 valence electrons. The molecular formula is C59H37NO. The molecule has 1 heterocycles. The van der Waals surface area contributed by atoms with Gasteiger partial charge in [-0.05, 0) is 114 Å². The summed E-state index contributed by atoms with van der Waals surface area (Å²) in [4.78, 5) is 2.49. The second-order valence-electron chi connectivity index (χ2n) is 16.3. The number of furan rings is 1. The Balaban J connectivity index is 1.05. The summed E-state index contributed by atoms with van der Waals surface area (Å²) in [6.45, 7) is 0. The standard InChI is InChI=1S/C59H37NO/c1-2-16-43-38(14-1)15-11-21-44(43)39-30-34-41(35-31-39)60(42-36-32-40(33-37-42)45-22-13-29-56-57(45)50-20-6-10-28-55(50)61-56)54-27-12-23-49-48-19-5-9-26-53(48)59(58(49)54)51-24-7-3-17-46(51)47-18-4-8-25-52(47)59/h1-37H. The predicted octanol–water partition coefficient (Wildman–Crippen LogP) is 15.9. The number of rotatable bonds is 5. The summed E-state index contributed by atoms with van der Waals surface area (Å²) in [7, 11) is 0. The van der Waals surface area contributed by atoms with Gasteiger partial charge in [0.15, 0.2) is 0 Å². The Hall–Kier alpha value is -7.94. The molecule has 1 spiro atoms. The fourth-order valence-electron chi connectivity index (χ4n) is 10.8. The Kier molecular flexibility index (Phi) is 7.26. The molecule has 10 aromatic carbocycles. The van der Waals surface area contributed by atoms with Gasteiger partial charge in [-0.2, -0.15) is 0 Å². The van der Waals surface area contributed by atoms with Gasteiger partial charge in [-0.15, -0.1) is 0 Å². The van der Waals surface area contributed by atoms with Crippen LogP contribution in [0, 0.1) is 0 Å². The van der Waals surface area contributed by atoms with Crippen LogP contribution in [0.5, 0.6) is 0 Å². The van der Waals surface area contributed by atoms with E-state index in [-0.39, 0.29) is 0 Å². The number of hydrogen-bond donors (Lipinski definition) is 0. The van der Waals surface area contributed by atoms with Gasteiger partial charge in [-0.3, -0.25) is 0 Å². The highest BCUT2D eigenvalue weighted by atomic mass is 16.3. The van der Waals surface area contributed by atoms with Crippen molar-refractivity contribution in [3.63, 3.8) is 0 Å². The summed E-state index contributed by atoms with van der Waals surface area (Å²) in [5, 5.41) is 4.77. The maximum absolute atomic E-state index is 6.31. The molecule has 11 aromatic rings. The van der Waals surface area contributed by atoms with Gasteiger partial charge < -0.3 is 9.32 Å². The van der Waals surface area contributed by atoms with Crippen molar-refractivity contribution in [1.82, 2.24) is 0 Å². The quantitative estimate of drug-likeness (QED) is 0.173. The van der Waals surface area contributed by atoms with Crippen LogP contribution in [0.25, 0.3) is 77.2 Å². The van der Waals surface area contributed by atoms with Crippen molar-refractivity contribution in [2.45, 2.75) is 5.41 Å². The minimum Gasteiger partial charge on any atom is -0.456 e. The Bertz CT molecular complexity index is 3470. The minimum atomic E-state index is -0.505. The molecule has 2 nitrogen and oxygen atoms in total. The molecular weight excluding hydrogens is 739 g/mol. The van der Waals surface area contributed by atoms with Gasteiger partial charge in [0.25, 0.3) is 0 Å². The lowest BCUT2D eigenvalue weighted by molar-refractivity contribution is 0.669. The zero-order valence-electron chi connectivity index (χ0n) is 33.2. The molecule has 2 aliphatic rings. The Morgan fingerprint density at radius 2 is 0.787 bits per heavy atom. The largest absolute Gasteiger partial charge is 0.456 e. The third-order valence-electron chi connectivity index (χ3n) is 13.3. The van der Waals surface area contributed by atoms with Gasteiger partial charge in [0.05, 0.1) is 11.1 Å². The van der Waals surface area contributed by atoms with E-state index >= 15 is 0 Å². The molecule has 0 amide bonds. The summed E-state index contributed by atoms with van der Waals surface area (Å²) in [5.41, 5.74) is 19.8. The summed E-state index contributed by atoms with van der Waals surface area (Å²) >= 11 is 0. The van der Waals surface area contributed by atoms with E-state index in [4.69, 9.17) is 4.42 Å². The Morgan fingerprint density at radius 1 is 0.328 bits per heavy atom. The number of para-hydroxylation sites is 1. The van der Waals surface area contributed by atoms with Crippen molar-refractivity contribution in [1.29, 1.82) is 0 Å². The van der Waals surface area contributed by atoms with Gasteiger partial charge in [-0.1, -0.05) is 182 Å². The van der Waals surface area contributed by atoms with Gasteiger partial charge in [0.2, 0.25) is 0 Å². The molecule has 2 aliphatic carbocycles. The highest BCUT2D eigenvalue weighted by Gasteiger charge is 2.53. The number of nitrogens with zero attached hydrogens (tertiary/aromatic N) is 1. The van der Waals surface area contributed by atoms with Gasteiger partial charge >= 0.3 is 0 Å². The first-order valence-corrected chi connectivity index (χ1v) is 21.1. The van der Waals surface area contributed by atoms with Crippen molar-refractivity contribution in [2.24, 2.45) is 0 Å². The van der Waals surface area contributed by atoms with Gasteiger partial charge in [0.1, 0.15) is 11.2 Å². The van der Waals surface area contributed by atoms with Crippen LogP contribution in [0.3, 0.4) is 0 Å². The van der Waals surface area contributed by atoms with Crippen LogP contribution in [0.2, 0.25) is 0 Å². The van der Waals surface area contributed by atoms with E-state index in [0.717, 1.165) is 50.1 Å². The lowest BCUT2D eigenvalue weighted by Crippen LogP contribution is -2.28. The number of fused-ring (bicyclic) bond motifs is 14. The number of benzene rings is 10. The number of anilines is 3. The third kappa shape index (κ3) is 4.79. The highest BCUT2D eigenvalue weighted by Crippen LogP contribution is 2.65. The molecule has 0 N–H and O–H groups in total. The third-order valence-corrected chi connectivity index (χ3v) is 13.3. The molecule has 0 fully saturated rings. The summed E-state index contributed by atoms with van der Waals surface area (Å²) in [5.74, 6) is 0. The predicted molar refractivity (Wildman–Crippen MR) is 253 cm³/mol. The number of hydrogen-bond acceptors (Lipinski definition) is 2. The minimum absolute atomic E-state index is 0.505. The summed E-state index contributed by atoms with van der Waals surface area (Å²) in [6.07, 6.45) is 0. The van der Waals surface area contributed by atoms with Crippen LogP contribution in [-0.2, 0) is 5.41 Å². The maximum atomic E-state index is 6.31. The van der Waals surface area contributed by atoms with E-state index in [1.807, 2.05) is 6.07 Å². The molecule has 1 aromatic heterocycles. The summed E-state index contributed by atoms with van der Waals surface area (Å²) in [6, 6.07) is 82.3. The molecule has 0 saturated carbocycles. The fraction of sp³-hybridized carbons (Fsp3) is 0.0169. The monoisotopic (exact) mass is 775 g/mol. The van der Waals surface area contributed by atoms with Crippen LogP contribution < -0.4 is 4.90 Å². The van der Waals surface area contributed by atoms with E-state index in [9.17, 15) is 0 Å². The molecule has 0 radical (unpaired) electrons. The van der Waals surface area contributed by atoms with E-state index < -0.39 is 5.41 Å². The lowest BCUT2D eigenvalue weighted by atomic mass is 9.70. The Labute approximate surface area is 354 Å². The highest BCUT2D eigenvalue weighted by molar-refractivity contribution is 6.12. The van der Waals surface area contributed by atoms with Crippen LogP contribution in [-0.4, -0.2) is 0 Å². The van der Waals surface area contributed by atoms with E-state index in [1.165, 1.54) is 66.4 Å². The second-order valence-corrected chi connectivity index (χ2v) is 16.3. The fourth-order valence-corrected chi connectivity index (χ4v) is 10.8. The lowest BCUT2D eigenvalue weighted by Gasteiger charge is -2.36. The van der Waals surface area contributed by atoms with E-state index in [0.29, 0.717) is 0 Å². The van der Waals surface area contributed by atoms with E-state index in [1.54, 1.807) is 0 Å². The average molecular weight is 776 g/mol. The summed E-state index contributed by atoms with van der Waals surface area (Å²) < 4.78 is 6.31. The van der Waals surface area contributed by atoms with Crippen LogP contribution in [0.4, 0.5) is 17.1 Å². The normalized spacial score (nSPS) is 13.0. The smallest absolute Gasteiger partial charge is 0.136 e. The van der Waals surface area contributed by atoms with Gasteiger partial charge in [-0.25, -0.2) is 0 Å². The molecule has 61 heavy (non-hydrogen) atoms. The Morgan fingerprint density at radius 3 is 1.48 bits per heavy atom. The second kappa shape index (κ2) is 13.0. The SMILES string of the molecule is c1ccc2c(c1)-c1ccccc1C21c2ccccc2-c2cccc(N(c3ccc(-c4cccc5ccccc45)cc3)c3ccc(-c4cccc5oc6ccccc6c45)cc3)c21. The van der Waals surface area contributed by atoms with Crippen LogP contribution >= 0.6 is 0 Å². The molecule has 13 rings (SSSR count). The molecule has 0 bridgehead atoms. The van der Waals surface area contributed by atoms with Crippen molar-refractivity contribution in [2.75, 3.05) is 4.90 Å².